The zero-order chi connectivity index (χ0) is 18.5. The van der Waals surface area contributed by atoms with Crippen molar-refractivity contribution in [1.29, 1.82) is 0 Å². The Morgan fingerprint density at radius 1 is 1.12 bits per heavy atom. The third kappa shape index (κ3) is 3.61. The summed E-state index contributed by atoms with van der Waals surface area (Å²) in [6, 6.07) is 14.7. The number of para-hydroxylation sites is 2. The predicted octanol–water partition coefficient (Wildman–Crippen LogP) is 3.93. The number of ether oxygens (including phenoxy) is 1. The quantitative estimate of drug-likeness (QED) is 0.823. The highest BCUT2D eigenvalue weighted by atomic mass is 16.5. The van der Waals surface area contributed by atoms with Crippen LogP contribution in [0, 0.1) is 0 Å². The number of fused-ring (bicyclic) bond motifs is 1. The van der Waals surface area contributed by atoms with E-state index in [-0.39, 0.29) is 24.8 Å². The Kier molecular flexibility index (Phi) is 5.37. The van der Waals surface area contributed by atoms with Crippen LogP contribution in [0.5, 0.6) is 5.75 Å². The second-order valence-corrected chi connectivity index (χ2v) is 6.09. The number of rotatable bonds is 7. The Labute approximate surface area is 153 Å². The van der Waals surface area contributed by atoms with Crippen LogP contribution in [0.1, 0.15) is 35.7 Å². The molecule has 0 saturated carbocycles. The van der Waals surface area contributed by atoms with Crippen LogP contribution in [0.25, 0.3) is 5.70 Å². The Bertz CT molecular complexity index is 810. The first-order chi connectivity index (χ1) is 12.6. The smallest absolute Gasteiger partial charge is 0.258 e. The fraction of sp³-hybridized carbons (Fsp3) is 0.238. The van der Waals surface area contributed by atoms with Gasteiger partial charge in [-0.25, -0.2) is 0 Å². The molecule has 0 aliphatic carbocycles. The minimum Gasteiger partial charge on any atom is -0.491 e. The summed E-state index contributed by atoms with van der Waals surface area (Å²) in [4.78, 5) is 26.4. The summed E-state index contributed by atoms with van der Waals surface area (Å²) in [5, 5.41) is 2.86. The normalized spacial score (nSPS) is 12.9. The van der Waals surface area contributed by atoms with Gasteiger partial charge >= 0.3 is 0 Å². The molecule has 0 atom stereocenters. The maximum absolute atomic E-state index is 12.5. The van der Waals surface area contributed by atoms with Gasteiger partial charge in [-0.15, -0.1) is 0 Å². The standard InChI is InChI=1S/C21H22N2O3/c1-3-14-26-19-11-7-6-10-18(19)22-20(24)12-13-23-15(2)16-8-4-5-9-17(16)21(23)25/h4-11H,2-3,12-14H2,1H3,(H,22,24). The minimum absolute atomic E-state index is 0.106. The molecule has 3 rings (SSSR count). The number of hydrogen-bond donors (Lipinski definition) is 1. The third-order valence-corrected chi connectivity index (χ3v) is 4.22. The number of carbonyl (C=O) groups excluding carboxylic acids is 2. The van der Waals surface area contributed by atoms with Crippen molar-refractivity contribution in [3.8, 4) is 5.75 Å². The van der Waals surface area contributed by atoms with E-state index >= 15 is 0 Å². The van der Waals surface area contributed by atoms with Gasteiger partial charge in [-0.1, -0.05) is 43.8 Å². The molecule has 1 heterocycles. The maximum atomic E-state index is 12.5. The largest absolute Gasteiger partial charge is 0.491 e. The van der Waals surface area contributed by atoms with E-state index in [2.05, 4.69) is 11.9 Å². The Morgan fingerprint density at radius 3 is 2.54 bits per heavy atom. The van der Waals surface area contributed by atoms with Crippen LogP contribution in [0.15, 0.2) is 55.1 Å². The molecule has 1 aliphatic rings. The molecule has 2 amide bonds. The molecule has 0 saturated heterocycles. The van der Waals surface area contributed by atoms with Gasteiger partial charge in [0.2, 0.25) is 5.91 Å². The Balaban J connectivity index is 1.61. The molecule has 2 aromatic carbocycles. The second kappa shape index (κ2) is 7.87. The Morgan fingerprint density at radius 2 is 1.81 bits per heavy atom. The number of anilines is 1. The molecule has 0 bridgehead atoms. The topological polar surface area (TPSA) is 58.6 Å². The van der Waals surface area contributed by atoms with Gasteiger partial charge in [-0.3, -0.25) is 9.59 Å². The van der Waals surface area contributed by atoms with Crippen LogP contribution in [0.3, 0.4) is 0 Å². The average Bonchev–Trinajstić information content (AvgIpc) is 2.90. The third-order valence-electron chi connectivity index (χ3n) is 4.22. The number of nitrogens with one attached hydrogen (secondary N) is 1. The minimum atomic E-state index is -0.172. The van der Waals surface area contributed by atoms with Crippen LogP contribution in [0.4, 0.5) is 5.69 Å². The summed E-state index contributed by atoms with van der Waals surface area (Å²) < 4.78 is 5.65. The first-order valence-corrected chi connectivity index (χ1v) is 8.73. The van der Waals surface area contributed by atoms with Gasteiger partial charge in [0.1, 0.15) is 5.75 Å². The summed E-state index contributed by atoms with van der Waals surface area (Å²) in [5.41, 5.74) is 2.75. The number of nitrogens with zero attached hydrogens (tertiary/aromatic N) is 1. The van der Waals surface area contributed by atoms with E-state index in [1.54, 1.807) is 17.0 Å². The monoisotopic (exact) mass is 350 g/mol. The van der Waals surface area contributed by atoms with Gasteiger partial charge in [0.15, 0.2) is 0 Å². The van der Waals surface area contributed by atoms with E-state index in [0.29, 0.717) is 29.3 Å². The summed E-state index contributed by atoms with van der Waals surface area (Å²) >= 11 is 0. The average molecular weight is 350 g/mol. The molecule has 5 nitrogen and oxygen atoms in total. The highest BCUT2D eigenvalue weighted by Gasteiger charge is 2.30. The molecule has 1 aliphatic heterocycles. The molecule has 0 unspecified atom stereocenters. The van der Waals surface area contributed by atoms with E-state index in [1.165, 1.54) is 0 Å². The van der Waals surface area contributed by atoms with Crippen molar-refractivity contribution in [2.75, 3.05) is 18.5 Å². The van der Waals surface area contributed by atoms with Crippen molar-refractivity contribution in [3.05, 3.63) is 66.2 Å². The molecule has 0 spiro atoms. The van der Waals surface area contributed by atoms with E-state index in [1.807, 2.05) is 43.3 Å². The van der Waals surface area contributed by atoms with Crippen LogP contribution in [-0.4, -0.2) is 29.9 Å². The zero-order valence-electron chi connectivity index (χ0n) is 14.8. The Hall–Kier alpha value is -3.08. The second-order valence-electron chi connectivity index (χ2n) is 6.09. The van der Waals surface area contributed by atoms with Crippen molar-refractivity contribution < 1.29 is 14.3 Å². The lowest BCUT2D eigenvalue weighted by atomic mass is 10.1. The lowest BCUT2D eigenvalue weighted by Crippen LogP contribution is -2.27. The highest BCUT2D eigenvalue weighted by Crippen LogP contribution is 2.31. The summed E-state index contributed by atoms with van der Waals surface area (Å²) in [5.74, 6) is 0.371. The van der Waals surface area contributed by atoms with Gasteiger partial charge in [0, 0.05) is 29.8 Å². The van der Waals surface area contributed by atoms with E-state index < -0.39 is 0 Å². The molecule has 134 valence electrons. The van der Waals surface area contributed by atoms with Gasteiger partial charge < -0.3 is 15.0 Å². The summed E-state index contributed by atoms with van der Waals surface area (Å²) in [6.07, 6.45) is 1.07. The first kappa shape index (κ1) is 17.7. The van der Waals surface area contributed by atoms with E-state index in [0.717, 1.165) is 12.0 Å². The van der Waals surface area contributed by atoms with Gasteiger partial charge in [-0.05, 0) is 24.6 Å². The lowest BCUT2D eigenvalue weighted by molar-refractivity contribution is -0.116. The van der Waals surface area contributed by atoms with Crippen LogP contribution in [0.2, 0.25) is 0 Å². The fourth-order valence-electron chi connectivity index (χ4n) is 2.90. The van der Waals surface area contributed by atoms with Crippen LogP contribution >= 0.6 is 0 Å². The number of benzene rings is 2. The number of amides is 2. The molecule has 0 fully saturated rings. The van der Waals surface area contributed by atoms with Crippen LogP contribution < -0.4 is 10.1 Å². The van der Waals surface area contributed by atoms with Gasteiger partial charge in [0.25, 0.3) is 5.91 Å². The first-order valence-electron chi connectivity index (χ1n) is 8.73. The molecular formula is C21H22N2O3. The molecule has 5 heteroatoms. The van der Waals surface area contributed by atoms with Gasteiger partial charge in [-0.2, -0.15) is 0 Å². The number of carbonyl (C=O) groups is 2. The van der Waals surface area contributed by atoms with Crippen molar-refractivity contribution >= 4 is 23.2 Å². The van der Waals surface area contributed by atoms with Crippen molar-refractivity contribution in [1.82, 2.24) is 4.90 Å². The molecule has 26 heavy (non-hydrogen) atoms. The van der Waals surface area contributed by atoms with Crippen molar-refractivity contribution in [2.24, 2.45) is 0 Å². The van der Waals surface area contributed by atoms with Crippen LogP contribution in [-0.2, 0) is 4.79 Å². The highest BCUT2D eigenvalue weighted by molar-refractivity contribution is 6.09. The van der Waals surface area contributed by atoms with Crippen molar-refractivity contribution in [3.63, 3.8) is 0 Å². The molecule has 1 N–H and O–H groups in total. The molecule has 0 radical (unpaired) electrons. The summed E-state index contributed by atoms with van der Waals surface area (Å²) in [6.45, 7) is 6.90. The van der Waals surface area contributed by atoms with E-state index in [9.17, 15) is 9.59 Å². The van der Waals surface area contributed by atoms with E-state index in [4.69, 9.17) is 4.74 Å². The molecular weight excluding hydrogens is 328 g/mol. The molecule has 2 aromatic rings. The summed E-state index contributed by atoms with van der Waals surface area (Å²) in [7, 11) is 0. The van der Waals surface area contributed by atoms with Crippen molar-refractivity contribution in [2.45, 2.75) is 19.8 Å². The fourth-order valence-corrected chi connectivity index (χ4v) is 2.90. The number of hydrogen-bond acceptors (Lipinski definition) is 3. The predicted molar refractivity (Wildman–Crippen MR) is 102 cm³/mol. The van der Waals surface area contributed by atoms with Gasteiger partial charge in [0.05, 0.1) is 12.3 Å². The zero-order valence-corrected chi connectivity index (χ0v) is 14.8. The SMILES string of the molecule is C=C1c2ccccc2C(=O)N1CCC(=O)Nc1ccccc1OCCC. The lowest BCUT2D eigenvalue weighted by Gasteiger charge is -2.17. The molecule has 0 aromatic heterocycles. The maximum Gasteiger partial charge on any atom is 0.258 e.